The van der Waals surface area contributed by atoms with E-state index < -0.39 is 0 Å². The van der Waals surface area contributed by atoms with E-state index in [1.165, 1.54) is 103 Å². The summed E-state index contributed by atoms with van der Waals surface area (Å²) in [5.41, 5.74) is 0. The summed E-state index contributed by atoms with van der Waals surface area (Å²) >= 11 is 0. The molecule has 2 saturated carbocycles. The first-order valence-corrected chi connectivity index (χ1v) is 13.4. The van der Waals surface area contributed by atoms with E-state index in [0.29, 0.717) is 0 Å². The van der Waals surface area contributed by atoms with Crippen molar-refractivity contribution in [1.29, 1.82) is 0 Å². The van der Waals surface area contributed by atoms with E-state index in [0.717, 1.165) is 41.5 Å². The van der Waals surface area contributed by atoms with Crippen LogP contribution in [0.15, 0.2) is 0 Å². The number of rotatable bonds is 10. The van der Waals surface area contributed by atoms with Crippen molar-refractivity contribution < 1.29 is 0 Å². The molecule has 3 rings (SSSR count). The Hall–Kier alpha value is -0.0400. The maximum atomic E-state index is 3.60. The molecule has 1 nitrogen and oxygen atoms in total. The number of hydrogen-bond donors (Lipinski definition) is 1. The highest BCUT2D eigenvalue weighted by molar-refractivity contribution is 4.91. The van der Waals surface area contributed by atoms with Crippen LogP contribution in [0, 0.1) is 35.5 Å². The second-order valence-electron chi connectivity index (χ2n) is 11.2. The molecule has 0 aromatic carbocycles. The molecular formula is C27H51N. The molecule has 6 unspecified atom stereocenters. The fraction of sp³-hybridized carbons (Fsp3) is 1.00. The number of nitrogens with one attached hydrogen (secondary N) is 1. The van der Waals surface area contributed by atoms with Gasteiger partial charge in [-0.25, -0.2) is 0 Å². The van der Waals surface area contributed by atoms with Gasteiger partial charge in [-0.15, -0.1) is 0 Å². The topological polar surface area (TPSA) is 21.9 Å². The Morgan fingerprint density at radius 2 is 1.54 bits per heavy atom. The van der Waals surface area contributed by atoms with Crippen LogP contribution in [-0.2, 0) is 0 Å². The quantitative estimate of drug-likeness (QED) is 0.376. The molecule has 0 bridgehead atoms. The van der Waals surface area contributed by atoms with Crippen LogP contribution in [0.5, 0.6) is 0 Å². The summed E-state index contributed by atoms with van der Waals surface area (Å²) in [4.78, 5) is 0. The zero-order valence-corrected chi connectivity index (χ0v) is 19.6. The normalized spacial score (nSPS) is 34.4. The van der Waals surface area contributed by atoms with E-state index in [1.54, 1.807) is 6.42 Å². The molecule has 1 saturated heterocycles. The molecule has 3 fully saturated rings. The Labute approximate surface area is 177 Å². The highest BCUT2D eigenvalue weighted by atomic mass is 15.1. The van der Waals surface area contributed by atoms with E-state index in [-0.39, 0.29) is 0 Å². The van der Waals surface area contributed by atoms with Crippen molar-refractivity contribution in [3.05, 3.63) is 0 Å². The van der Waals surface area contributed by atoms with Gasteiger partial charge in [0.15, 0.2) is 0 Å². The summed E-state index contributed by atoms with van der Waals surface area (Å²) in [6.45, 7) is 8.79. The smallest absolute Gasteiger partial charge is 0.0195 e. The van der Waals surface area contributed by atoms with Crippen molar-refractivity contribution in [3.63, 3.8) is 0 Å². The zero-order valence-electron chi connectivity index (χ0n) is 19.6. The average Bonchev–Trinajstić information content (AvgIpc) is 3.48. The first kappa shape index (κ1) is 22.6. The molecule has 28 heavy (non-hydrogen) atoms. The minimum Gasteiger partial charge on any atom is -0.311 e. The monoisotopic (exact) mass is 389 g/mol. The van der Waals surface area contributed by atoms with Gasteiger partial charge in [-0.05, 0) is 67.6 Å². The molecule has 2 aliphatic carbocycles. The molecule has 3 aliphatic rings. The summed E-state index contributed by atoms with van der Waals surface area (Å²) in [7, 11) is 0. The Balaban J connectivity index is 1.54. The minimum atomic E-state index is 0.875. The Morgan fingerprint density at radius 3 is 2.18 bits per heavy atom. The lowest BCUT2D eigenvalue weighted by Gasteiger charge is -2.39. The molecule has 0 radical (unpaired) electrons. The molecule has 0 aromatic rings. The molecule has 0 spiro atoms. The molecule has 164 valence electrons. The minimum absolute atomic E-state index is 0.875. The lowest BCUT2D eigenvalue weighted by atomic mass is 9.66. The van der Waals surface area contributed by atoms with Crippen LogP contribution in [0.1, 0.15) is 124 Å². The van der Waals surface area contributed by atoms with Gasteiger partial charge in [0.25, 0.3) is 0 Å². The third-order valence-electron chi connectivity index (χ3n) is 8.91. The van der Waals surface area contributed by atoms with Gasteiger partial charge in [0, 0.05) is 12.6 Å². The molecule has 1 heterocycles. The van der Waals surface area contributed by atoms with Crippen molar-refractivity contribution in [2.75, 3.05) is 6.54 Å². The van der Waals surface area contributed by atoms with Gasteiger partial charge in [0.2, 0.25) is 0 Å². The summed E-state index contributed by atoms with van der Waals surface area (Å²) in [6, 6.07) is 0.875. The number of hydrogen-bond acceptors (Lipinski definition) is 1. The molecular weight excluding hydrogens is 338 g/mol. The maximum Gasteiger partial charge on any atom is 0.0195 e. The van der Waals surface area contributed by atoms with Gasteiger partial charge < -0.3 is 5.32 Å². The molecule has 0 amide bonds. The Morgan fingerprint density at radius 1 is 0.821 bits per heavy atom. The van der Waals surface area contributed by atoms with Crippen LogP contribution >= 0.6 is 0 Å². The third-order valence-corrected chi connectivity index (χ3v) is 8.91. The van der Waals surface area contributed by atoms with E-state index in [1.807, 2.05) is 0 Å². The van der Waals surface area contributed by atoms with Gasteiger partial charge >= 0.3 is 0 Å². The summed E-state index contributed by atoms with van der Waals surface area (Å²) in [6.07, 6.45) is 24.0. The van der Waals surface area contributed by atoms with Crippen molar-refractivity contribution in [3.8, 4) is 0 Å². The van der Waals surface area contributed by atoms with Gasteiger partial charge in [0.1, 0.15) is 0 Å². The summed E-state index contributed by atoms with van der Waals surface area (Å²) in [5, 5.41) is 3.60. The molecule has 1 heteroatoms. The lowest BCUT2D eigenvalue weighted by molar-refractivity contribution is 0.119. The molecule has 0 aromatic heterocycles. The molecule has 1 N–H and O–H groups in total. The van der Waals surface area contributed by atoms with Gasteiger partial charge in [-0.2, -0.15) is 0 Å². The van der Waals surface area contributed by atoms with Crippen molar-refractivity contribution >= 4 is 0 Å². The largest absolute Gasteiger partial charge is 0.311 e. The predicted octanol–water partition coefficient (Wildman–Crippen LogP) is 7.98. The van der Waals surface area contributed by atoms with E-state index in [4.69, 9.17) is 0 Å². The van der Waals surface area contributed by atoms with Crippen molar-refractivity contribution in [1.82, 2.24) is 5.32 Å². The van der Waals surface area contributed by atoms with Gasteiger partial charge in [-0.3, -0.25) is 0 Å². The van der Waals surface area contributed by atoms with Gasteiger partial charge in [0.05, 0.1) is 0 Å². The van der Waals surface area contributed by atoms with E-state index in [2.05, 4.69) is 26.1 Å². The lowest BCUT2D eigenvalue weighted by Crippen LogP contribution is -2.29. The van der Waals surface area contributed by atoms with Gasteiger partial charge in [-0.1, -0.05) is 91.4 Å². The first-order chi connectivity index (χ1) is 13.7. The van der Waals surface area contributed by atoms with Crippen molar-refractivity contribution in [2.45, 2.75) is 130 Å². The standard InChI is InChI=1S/C27H51N/c1-4-11-24(18-23-12-9-7-6-8-10-13-23)21(3)16-25-15-14-22(5-2)17-26(25)19-27-20-28-27/h21-28H,4-20H2,1-3H3. The second-order valence-corrected chi connectivity index (χ2v) is 11.2. The first-order valence-electron chi connectivity index (χ1n) is 13.4. The molecule has 1 aliphatic heterocycles. The maximum absolute atomic E-state index is 3.60. The van der Waals surface area contributed by atoms with Crippen LogP contribution in [0.4, 0.5) is 0 Å². The Kier molecular flexibility index (Phi) is 9.68. The van der Waals surface area contributed by atoms with Crippen LogP contribution in [-0.4, -0.2) is 12.6 Å². The summed E-state index contributed by atoms with van der Waals surface area (Å²) < 4.78 is 0. The highest BCUT2D eigenvalue weighted by Gasteiger charge is 2.35. The van der Waals surface area contributed by atoms with Crippen LogP contribution in [0.25, 0.3) is 0 Å². The SMILES string of the molecule is CCCC(CC1CCCCCCC1)C(C)CC1CCC(CC)CC1CC1CN1. The highest BCUT2D eigenvalue weighted by Crippen LogP contribution is 2.44. The predicted molar refractivity (Wildman–Crippen MR) is 124 cm³/mol. The second kappa shape index (κ2) is 12.0. The van der Waals surface area contributed by atoms with E-state index in [9.17, 15) is 0 Å². The fourth-order valence-electron chi connectivity index (χ4n) is 6.89. The van der Waals surface area contributed by atoms with Crippen molar-refractivity contribution in [2.24, 2.45) is 35.5 Å². The van der Waals surface area contributed by atoms with Crippen LogP contribution in [0.3, 0.4) is 0 Å². The van der Waals surface area contributed by atoms with Crippen LogP contribution in [0.2, 0.25) is 0 Å². The van der Waals surface area contributed by atoms with Crippen LogP contribution < -0.4 is 5.32 Å². The summed E-state index contributed by atoms with van der Waals surface area (Å²) in [5.74, 6) is 6.06. The van der Waals surface area contributed by atoms with E-state index >= 15 is 0 Å². The third kappa shape index (κ3) is 7.33. The molecule has 6 atom stereocenters. The average molecular weight is 390 g/mol. The zero-order chi connectivity index (χ0) is 19.8. The fourth-order valence-corrected chi connectivity index (χ4v) is 6.89. The Bertz CT molecular complexity index is 406.